The van der Waals surface area contributed by atoms with Gasteiger partial charge in [-0.25, -0.2) is 0 Å². The van der Waals surface area contributed by atoms with Crippen LogP contribution in [0, 0.1) is 5.92 Å². The number of hydrogen-bond donors (Lipinski definition) is 0. The van der Waals surface area contributed by atoms with Gasteiger partial charge in [-0.1, -0.05) is 29.3 Å². The molecule has 0 aromatic heterocycles. The van der Waals surface area contributed by atoms with Gasteiger partial charge in [0.25, 0.3) is 0 Å². The van der Waals surface area contributed by atoms with Crippen molar-refractivity contribution in [3.63, 3.8) is 0 Å². The van der Waals surface area contributed by atoms with Gasteiger partial charge in [0.1, 0.15) is 0 Å². The first kappa shape index (κ1) is 16.9. The van der Waals surface area contributed by atoms with Crippen LogP contribution in [-0.2, 0) is 19.0 Å². The van der Waals surface area contributed by atoms with Crippen molar-refractivity contribution in [2.24, 2.45) is 5.92 Å². The van der Waals surface area contributed by atoms with E-state index in [1.165, 1.54) is 0 Å². The summed E-state index contributed by atoms with van der Waals surface area (Å²) in [7, 11) is 0. The Kier molecular flexibility index (Phi) is 8.66. The smallest absolute Gasteiger partial charge is 0.309 e. The Balaban J connectivity index is 2.15. The fraction of sp³-hybridized carbons (Fsp3) is 0.929. The van der Waals surface area contributed by atoms with Crippen molar-refractivity contribution in [2.45, 2.75) is 50.5 Å². The highest BCUT2D eigenvalue weighted by atomic mass is 79.9. The zero-order valence-electron chi connectivity index (χ0n) is 11.9. The first-order valence-electron chi connectivity index (χ1n) is 7.19. The number of carbonyl (C=O) groups is 1. The third kappa shape index (κ3) is 6.23. The predicted octanol–water partition coefficient (Wildman–Crippen LogP) is 2.92. The van der Waals surface area contributed by atoms with Gasteiger partial charge in [0.15, 0.2) is 0 Å². The van der Waals surface area contributed by atoms with E-state index in [4.69, 9.17) is 14.2 Å². The van der Waals surface area contributed by atoms with Gasteiger partial charge in [0.05, 0.1) is 31.8 Å². The number of rotatable bonds is 9. The van der Waals surface area contributed by atoms with Crippen LogP contribution in [-0.4, -0.2) is 43.3 Å². The van der Waals surface area contributed by atoms with Crippen LogP contribution in [0.15, 0.2) is 0 Å². The second-order valence-electron chi connectivity index (χ2n) is 4.81. The molecule has 1 saturated carbocycles. The Morgan fingerprint density at radius 2 is 2.00 bits per heavy atom. The van der Waals surface area contributed by atoms with E-state index in [0.29, 0.717) is 19.8 Å². The van der Waals surface area contributed by atoms with Crippen LogP contribution in [0.4, 0.5) is 0 Å². The SMILES string of the molecule is CCCCOCCOC1CC(C(=O)OCC)CC1Br. The van der Waals surface area contributed by atoms with E-state index in [1.807, 2.05) is 6.92 Å². The molecule has 19 heavy (non-hydrogen) atoms. The molecule has 0 heterocycles. The largest absolute Gasteiger partial charge is 0.466 e. The molecule has 112 valence electrons. The minimum Gasteiger partial charge on any atom is -0.466 e. The van der Waals surface area contributed by atoms with Crippen LogP contribution in [0.1, 0.15) is 39.5 Å². The summed E-state index contributed by atoms with van der Waals surface area (Å²) >= 11 is 3.59. The van der Waals surface area contributed by atoms with Crippen LogP contribution < -0.4 is 0 Å². The Morgan fingerprint density at radius 1 is 1.21 bits per heavy atom. The van der Waals surface area contributed by atoms with Crippen molar-refractivity contribution >= 4 is 21.9 Å². The summed E-state index contributed by atoms with van der Waals surface area (Å²) in [6, 6.07) is 0. The summed E-state index contributed by atoms with van der Waals surface area (Å²) in [5, 5.41) is 0. The van der Waals surface area contributed by atoms with Crippen molar-refractivity contribution in [2.75, 3.05) is 26.4 Å². The van der Waals surface area contributed by atoms with Gasteiger partial charge < -0.3 is 14.2 Å². The molecule has 0 saturated heterocycles. The molecule has 0 aromatic carbocycles. The van der Waals surface area contributed by atoms with Crippen molar-refractivity contribution in [3.05, 3.63) is 0 Å². The highest BCUT2D eigenvalue weighted by molar-refractivity contribution is 9.09. The Morgan fingerprint density at radius 3 is 2.68 bits per heavy atom. The van der Waals surface area contributed by atoms with E-state index in [1.54, 1.807) is 0 Å². The van der Waals surface area contributed by atoms with Crippen molar-refractivity contribution < 1.29 is 19.0 Å². The highest BCUT2D eigenvalue weighted by Crippen LogP contribution is 2.34. The van der Waals surface area contributed by atoms with E-state index >= 15 is 0 Å². The molecule has 0 N–H and O–H groups in total. The summed E-state index contributed by atoms with van der Waals surface area (Å²) in [6.45, 7) is 6.43. The lowest BCUT2D eigenvalue weighted by Gasteiger charge is -2.15. The molecule has 1 aliphatic rings. The molecule has 0 bridgehead atoms. The van der Waals surface area contributed by atoms with Gasteiger partial charge in [0.2, 0.25) is 0 Å². The number of ether oxygens (including phenoxy) is 3. The molecule has 4 nitrogen and oxygen atoms in total. The molecule has 3 atom stereocenters. The second kappa shape index (κ2) is 9.72. The summed E-state index contributed by atoms with van der Waals surface area (Å²) < 4.78 is 16.3. The van der Waals surface area contributed by atoms with Gasteiger partial charge in [-0.2, -0.15) is 0 Å². The Bertz CT molecular complexity index is 260. The van der Waals surface area contributed by atoms with Crippen molar-refractivity contribution in [1.29, 1.82) is 0 Å². The van der Waals surface area contributed by atoms with Crippen molar-refractivity contribution in [3.8, 4) is 0 Å². The third-order valence-corrected chi connectivity index (χ3v) is 4.22. The minimum atomic E-state index is -0.0998. The summed E-state index contributed by atoms with van der Waals surface area (Å²) in [4.78, 5) is 11.9. The highest BCUT2D eigenvalue weighted by Gasteiger charge is 2.37. The van der Waals surface area contributed by atoms with Crippen LogP contribution in [0.3, 0.4) is 0 Å². The number of halogens is 1. The standard InChI is InChI=1S/C14H25BrO4/c1-3-5-6-17-7-8-19-13-10-11(9-12(13)15)14(16)18-4-2/h11-13H,3-10H2,1-2H3. The van der Waals surface area contributed by atoms with Crippen LogP contribution in [0.5, 0.6) is 0 Å². The molecular formula is C14H25BrO4. The second-order valence-corrected chi connectivity index (χ2v) is 5.99. The maximum absolute atomic E-state index is 11.7. The molecule has 0 amide bonds. The Labute approximate surface area is 124 Å². The van der Waals surface area contributed by atoms with Gasteiger partial charge >= 0.3 is 5.97 Å². The third-order valence-electron chi connectivity index (χ3n) is 3.25. The van der Waals surface area contributed by atoms with Crippen LogP contribution >= 0.6 is 15.9 Å². The lowest BCUT2D eigenvalue weighted by molar-refractivity contribution is -0.148. The topological polar surface area (TPSA) is 44.8 Å². The summed E-state index contributed by atoms with van der Waals surface area (Å²) in [5.41, 5.74) is 0. The zero-order chi connectivity index (χ0) is 14.1. The lowest BCUT2D eigenvalue weighted by atomic mass is 10.1. The molecule has 3 unspecified atom stereocenters. The monoisotopic (exact) mass is 336 g/mol. The Hall–Kier alpha value is -0.130. The molecule has 1 rings (SSSR count). The normalized spacial score (nSPS) is 26.6. The van der Waals surface area contributed by atoms with E-state index in [2.05, 4.69) is 22.9 Å². The van der Waals surface area contributed by atoms with Gasteiger partial charge in [-0.05, 0) is 26.2 Å². The first-order valence-corrected chi connectivity index (χ1v) is 8.10. The molecular weight excluding hydrogens is 312 g/mol. The van der Waals surface area contributed by atoms with Gasteiger partial charge in [-0.3, -0.25) is 4.79 Å². The number of carbonyl (C=O) groups excluding carboxylic acids is 1. The maximum atomic E-state index is 11.7. The molecule has 0 radical (unpaired) electrons. The van der Waals surface area contributed by atoms with Gasteiger partial charge in [-0.15, -0.1) is 0 Å². The molecule has 0 aromatic rings. The van der Waals surface area contributed by atoms with E-state index in [-0.39, 0.29) is 22.8 Å². The van der Waals surface area contributed by atoms with Crippen LogP contribution in [0.25, 0.3) is 0 Å². The summed E-state index contributed by atoms with van der Waals surface area (Å²) in [5.74, 6) is -0.132. The molecule has 0 aliphatic heterocycles. The predicted molar refractivity (Wildman–Crippen MR) is 77.5 cm³/mol. The molecule has 5 heteroatoms. The molecule has 1 aliphatic carbocycles. The van der Waals surface area contributed by atoms with E-state index < -0.39 is 0 Å². The zero-order valence-corrected chi connectivity index (χ0v) is 13.5. The summed E-state index contributed by atoms with van der Waals surface area (Å²) in [6.07, 6.45) is 3.86. The minimum absolute atomic E-state index is 0.0321. The average Bonchev–Trinajstić information content (AvgIpc) is 2.76. The quantitative estimate of drug-likeness (QED) is 0.369. The lowest BCUT2D eigenvalue weighted by Crippen LogP contribution is -2.21. The average molecular weight is 337 g/mol. The number of hydrogen-bond acceptors (Lipinski definition) is 4. The molecule has 0 spiro atoms. The van der Waals surface area contributed by atoms with E-state index in [0.717, 1.165) is 32.3 Å². The van der Waals surface area contributed by atoms with Crippen LogP contribution in [0.2, 0.25) is 0 Å². The van der Waals surface area contributed by atoms with E-state index in [9.17, 15) is 4.79 Å². The number of alkyl halides is 1. The fourth-order valence-electron chi connectivity index (χ4n) is 2.18. The van der Waals surface area contributed by atoms with Gasteiger partial charge in [0, 0.05) is 11.4 Å². The van der Waals surface area contributed by atoms with Crippen molar-refractivity contribution in [1.82, 2.24) is 0 Å². The fourth-order valence-corrected chi connectivity index (χ4v) is 3.00. The first-order chi connectivity index (χ1) is 9.19. The maximum Gasteiger partial charge on any atom is 0.309 e. The molecule has 1 fully saturated rings. The number of unbranched alkanes of at least 4 members (excludes halogenated alkanes) is 1. The number of esters is 1.